The Morgan fingerprint density at radius 2 is 2.07 bits per heavy atom. The van der Waals surface area contributed by atoms with Gasteiger partial charge in [0.2, 0.25) is 0 Å². The van der Waals surface area contributed by atoms with Gasteiger partial charge >= 0.3 is 0 Å². The Morgan fingerprint density at radius 3 is 2.93 bits per heavy atom. The molecule has 0 aliphatic heterocycles. The zero-order valence-corrected chi connectivity index (χ0v) is 7.97. The van der Waals surface area contributed by atoms with E-state index in [2.05, 4.69) is 0 Å². The summed E-state index contributed by atoms with van der Waals surface area (Å²) in [6, 6.07) is 7.48. The third-order valence-corrected chi connectivity index (χ3v) is 2.72. The fraction of sp³-hybridized carbons (Fsp3) is 0.167. The molecule has 0 saturated carbocycles. The van der Waals surface area contributed by atoms with E-state index in [1.807, 2.05) is 24.3 Å². The van der Waals surface area contributed by atoms with Crippen LogP contribution in [0.4, 0.5) is 0 Å². The second-order valence-electron chi connectivity index (χ2n) is 3.68. The number of para-hydroxylation sites is 1. The Balaban J connectivity index is 2.60. The van der Waals surface area contributed by atoms with Gasteiger partial charge in [0.05, 0.1) is 5.22 Å². The molecule has 3 heteroatoms. The number of fused-ring (bicyclic) bond motifs is 3. The summed E-state index contributed by atoms with van der Waals surface area (Å²) < 4.78 is 5.56. The highest BCUT2D eigenvalue weighted by molar-refractivity contribution is 5.80. The molecular weight excluding hydrogens is 192 g/mol. The first-order valence-corrected chi connectivity index (χ1v) is 4.86. The largest absolute Gasteiger partial charge is 0.509 e. The summed E-state index contributed by atoms with van der Waals surface area (Å²) in [4.78, 5) is 0. The molecule has 1 heterocycles. The van der Waals surface area contributed by atoms with Crippen LogP contribution >= 0.6 is 0 Å². The number of aliphatic hydroxyl groups is 2. The second kappa shape index (κ2) is 2.87. The summed E-state index contributed by atoms with van der Waals surface area (Å²) in [5, 5.41) is 20.8. The van der Waals surface area contributed by atoms with Gasteiger partial charge in [0.15, 0.2) is 0 Å². The van der Waals surface area contributed by atoms with Crippen molar-refractivity contribution in [2.45, 2.75) is 12.5 Å². The maximum absolute atomic E-state index is 9.80. The topological polar surface area (TPSA) is 53.6 Å². The zero-order chi connectivity index (χ0) is 10.4. The average Bonchev–Trinajstić information content (AvgIpc) is 2.62. The van der Waals surface area contributed by atoms with E-state index in [1.54, 1.807) is 6.08 Å². The van der Waals surface area contributed by atoms with Crippen molar-refractivity contribution >= 4 is 22.8 Å². The molecule has 2 aromatic rings. The van der Waals surface area contributed by atoms with E-state index < -0.39 is 6.10 Å². The molecule has 1 aliphatic rings. The molecule has 3 rings (SSSR count). The molecule has 15 heavy (non-hydrogen) atoms. The first kappa shape index (κ1) is 8.56. The van der Waals surface area contributed by atoms with Gasteiger partial charge in [-0.25, -0.2) is 0 Å². The molecule has 0 radical (unpaired) electrons. The number of furan rings is 1. The van der Waals surface area contributed by atoms with Crippen LogP contribution < -0.4 is 10.6 Å². The first-order chi connectivity index (χ1) is 7.27. The molecule has 2 N–H and O–H groups in total. The molecule has 0 saturated heterocycles. The molecule has 1 aromatic heterocycles. The van der Waals surface area contributed by atoms with Gasteiger partial charge in [-0.3, -0.25) is 0 Å². The molecule has 0 unspecified atom stereocenters. The van der Waals surface area contributed by atoms with Gasteiger partial charge in [0.1, 0.15) is 22.9 Å². The maximum Gasteiger partial charge on any atom is 0.135 e. The molecule has 76 valence electrons. The van der Waals surface area contributed by atoms with Crippen LogP contribution in [0.1, 0.15) is 6.42 Å². The molecule has 1 aliphatic carbocycles. The molecule has 0 fully saturated rings. The minimum Gasteiger partial charge on any atom is -0.509 e. The Bertz CT molecular complexity index is 636. The molecule has 3 nitrogen and oxygen atoms in total. The number of aliphatic hydroxyl groups excluding tert-OH is 2. The van der Waals surface area contributed by atoms with Gasteiger partial charge in [-0.1, -0.05) is 18.2 Å². The Kier molecular flexibility index (Phi) is 1.64. The minimum atomic E-state index is -0.807. The summed E-state index contributed by atoms with van der Waals surface area (Å²) in [6.07, 6.45) is 1.40. The molecule has 1 atom stereocenters. The Hall–Kier alpha value is -1.74. The number of rotatable bonds is 0. The van der Waals surface area contributed by atoms with Crippen LogP contribution in [0.25, 0.3) is 22.8 Å². The monoisotopic (exact) mass is 202 g/mol. The Morgan fingerprint density at radius 1 is 1.27 bits per heavy atom. The molecular formula is C12H10O3. The van der Waals surface area contributed by atoms with Crippen LogP contribution in [0.3, 0.4) is 0 Å². The SMILES string of the molecule is OC1=c2c(oc3ccccc23)=CC[C@H]1O. The lowest BCUT2D eigenvalue weighted by Crippen LogP contribution is -2.32. The summed E-state index contributed by atoms with van der Waals surface area (Å²) in [5.41, 5.74) is 1.39. The quantitative estimate of drug-likeness (QED) is 0.659. The molecule has 0 amide bonds. The third kappa shape index (κ3) is 1.10. The van der Waals surface area contributed by atoms with Crippen molar-refractivity contribution in [3.05, 3.63) is 34.9 Å². The highest BCUT2D eigenvalue weighted by atomic mass is 16.3. The van der Waals surface area contributed by atoms with E-state index in [4.69, 9.17) is 4.42 Å². The standard InChI is InChI=1S/C12H10O3/c13-8-5-6-10-11(12(8)14)7-3-1-2-4-9(7)15-10/h1-4,6,8,13-14H,5H2/t8-/m1/s1. The fourth-order valence-electron chi connectivity index (χ4n) is 1.97. The van der Waals surface area contributed by atoms with Crippen LogP contribution in [0.2, 0.25) is 0 Å². The van der Waals surface area contributed by atoms with Crippen LogP contribution in [0.5, 0.6) is 0 Å². The van der Waals surface area contributed by atoms with Crippen LogP contribution in [0, 0.1) is 0 Å². The molecule has 0 spiro atoms. The maximum atomic E-state index is 9.80. The van der Waals surface area contributed by atoms with Crippen molar-refractivity contribution in [3.63, 3.8) is 0 Å². The van der Waals surface area contributed by atoms with E-state index in [0.717, 1.165) is 11.0 Å². The summed E-state index contributed by atoms with van der Waals surface area (Å²) >= 11 is 0. The number of benzene rings is 1. The highest BCUT2D eigenvalue weighted by Crippen LogP contribution is 2.12. The summed E-state index contributed by atoms with van der Waals surface area (Å²) in [5.74, 6) is 0.0115. The number of hydrogen-bond donors (Lipinski definition) is 2. The lowest BCUT2D eigenvalue weighted by Gasteiger charge is -2.08. The van der Waals surface area contributed by atoms with Gasteiger partial charge < -0.3 is 14.6 Å². The van der Waals surface area contributed by atoms with Gasteiger partial charge in [-0.15, -0.1) is 0 Å². The molecule has 0 bridgehead atoms. The van der Waals surface area contributed by atoms with Crippen LogP contribution in [-0.2, 0) is 0 Å². The van der Waals surface area contributed by atoms with Gasteiger partial charge in [-0.2, -0.15) is 0 Å². The van der Waals surface area contributed by atoms with Crippen molar-refractivity contribution in [3.8, 4) is 0 Å². The first-order valence-electron chi connectivity index (χ1n) is 4.86. The minimum absolute atomic E-state index is 0.0115. The predicted molar refractivity (Wildman–Crippen MR) is 56.6 cm³/mol. The molecule has 1 aromatic carbocycles. The Labute approximate surface area is 85.6 Å². The van der Waals surface area contributed by atoms with E-state index in [9.17, 15) is 10.2 Å². The number of hydrogen-bond acceptors (Lipinski definition) is 3. The van der Waals surface area contributed by atoms with Gasteiger partial charge in [-0.05, 0) is 12.1 Å². The average molecular weight is 202 g/mol. The van der Waals surface area contributed by atoms with Crippen LogP contribution in [0.15, 0.2) is 28.7 Å². The lowest BCUT2D eigenvalue weighted by molar-refractivity contribution is 0.199. The lowest BCUT2D eigenvalue weighted by atomic mass is 10.1. The second-order valence-corrected chi connectivity index (χ2v) is 3.68. The van der Waals surface area contributed by atoms with Gasteiger partial charge in [0.25, 0.3) is 0 Å². The van der Waals surface area contributed by atoms with E-state index >= 15 is 0 Å². The van der Waals surface area contributed by atoms with Gasteiger partial charge in [0, 0.05) is 11.8 Å². The van der Waals surface area contributed by atoms with Crippen LogP contribution in [-0.4, -0.2) is 16.3 Å². The van der Waals surface area contributed by atoms with E-state index in [-0.39, 0.29) is 5.76 Å². The predicted octanol–water partition coefficient (Wildman–Crippen LogP) is 0.644. The smallest absolute Gasteiger partial charge is 0.135 e. The normalized spacial score (nSPS) is 20.1. The van der Waals surface area contributed by atoms with Crippen molar-refractivity contribution < 1.29 is 14.6 Å². The third-order valence-electron chi connectivity index (χ3n) is 2.72. The van der Waals surface area contributed by atoms with Crippen molar-refractivity contribution in [1.82, 2.24) is 0 Å². The zero-order valence-electron chi connectivity index (χ0n) is 7.97. The highest BCUT2D eigenvalue weighted by Gasteiger charge is 2.17. The summed E-state index contributed by atoms with van der Waals surface area (Å²) in [7, 11) is 0. The van der Waals surface area contributed by atoms with E-state index in [1.165, 1.54) is 0 Å². The van der Waals surface area contributed by atoms with Crippen molar-refractivity contribution in [2.24, 2.45) is 0 Å². The fourth-order valence-corrected chi connectivity index (χ4v) is 1.97. The summed E-state index contributed by atoms with van der Waals surface area (Å²) in [6.45, 7) is 0. The van der Waals surface area contributed by atoms with E-state index in [0.29, 0.717) is 17.1 Å². The van der Waals surface area contributed by atoms with Crippen molar-refractivity contribution in [1.29, 1.82) is 0 Å². The van der Waals surface area contributed by atoms with Crippen molar-refractivity contribution in [2.75, 3.05) is 0 Å².